The van der Waals surface area contributed by atoms with Crippen molar-refractivity contribution in [2.45, 2.75) is 19.4 Å². The molecule has 1 amide bonds. The van der Waals surface area contributed by atoms with Gasteiger partial charge >= 0.3 is 6.09 Å². The maximum Gasteiger partial charge on any atom is 0.407 e. The number of amides is 1. The molecule has 7 nitrogen and oxygen atoms in total. The highest BCUT2D eigenvalue weighted by Gasteiger charge is 2.35. The number of hydrogen-bond acceptors (Lipinski definition) is 6. The normalized spacial score (nSPS) is 26.4. The first-order valence-corrected chi connectivity index (χ1v) is 6.56. The summed E-state index contributed by atoms with van der Waals surface area (Å²) in [6.45, 7) is 3.78. The summed E-state index contributed by atoms with van der Waals surface area (Å²) in [6.07, 6.45) is 0.574. The van der Waals surface area contributed by atoms with Gasteiger partial charge in [0.1, 0.15) is 0 Å². The lowest BCUT2D eigenvalue weighted by Gasteiger charge is -2.40. The SMILES string of the molecule is Cc1nc(N2CC[C@H]3COC(=O)N[C@@H]3C2)nnc1Cl. The van der Waals surface area contributed by atoms with E-state index in [0.717, 1.165) is 13.0 Å². The molecule has 0 radical (unpaired) electrons. The van der Waals surface area contributed by atoms with Crippen LogP contribution in [0.3, 0.4) is 0 Å². The molecule has 0 saturated carbocycles. The predicted octanol–water partition coefficient (Wildman–Crippen LogP) is 0.768. The lowest BCUT2D eigenvalue weighted by atomic mass is 9.92. The first-order chi connectivity index (χ1) is 9.13. The second kappa shape index (κ2) is 4.80. The van der Waals surface area contributed by atoms with Gasteiger partial charge in [-0.05, 0) is 13.3 Å². The molecular weight excluding hydrogens is 270 g/mol. The number of aryl methyl sites for hydroxylation is 1. The zero-order valence-corrected chi connectivity index (χ0v) is 11.2. The molecule has 3 rings (SSSR count). The minimum atomic E-state index is -0.352. The number of rotatable bonds is 1. The molecule has 0 aliphatic carbocycles. The van der Waals surface area contributed by atoms with Crippen LogP contribution < -0.4 is 10.2 Å². The van der Waals surface area contributed by atoms with Gasteiger partial charge in [-0.1, -0.05) is 11.6 Å². The zero-order chi connectivity index (χ0) is 13.4. The predicted molar refractivity (Wildman–Crippen MR) is 68.2 cm³/mol. The highest BCUT2D eigenvalue weighted by atomic mass is 35.5. The second-order valence-electron chi connectivity index (χ2n) is 4.83. The van der Waals surface area contributed by atoms with Crippen molar-refractivity contribution in [1.29, 1.82) is 0 Å². The number of alkyl carbamates (subject to hydrolysis) is 1. The largest absolute Gasteiger partial charge is 0.449 e. The summed E-state index contributed by atoms with van der Waals surface area (Å²) < 4.78 is 4.99. The van der Waals surface area contributed by atoms with E-state index in [9.17, 15) is 4.79 Å². The number of nitrogens with one attached hydrogen (secondary N) is 1. The van der Waals surface area contributed by atoms with Crippen molar-refractivity contribution in [3.05, 3.63) is 10.8 Å². The van der Waals surface area contributed by atoms with Crippen LogP contribution in [0.5, 0.6) is 0 Å². The molecule has 1 N–H and O–H groups in total. The van der Waals surface area contributed by atoms with Gasteiger partial charge in [-0.25, -0.2) is 9.78 Å². The van der Waals surface area contributed by atoms with Gasteiger partial charge in [0.25, 0.3) is 0 Å². The highest BCUT2D eigenvalue weighted by molar-refractivity contribution is 6.29. The number of piperidine rings is 1. The van der Waals surface area contributed by atoms with Crippen molar-refractivity contribution in [1.82, 2.24) is 20.5 Å². The molecule has 3 heterocycles. The lowest BCUT2D eigenvalue weighted by molar-refractivity contribution is 0.0731. The van der Waals surface area contributed by atoms with E-state index >= 15 is 0 Å². The second-order valence-corrected chi connectivity index (χ2v) is 5.19. The Balaban J connectivity index is 1.76. The number of ether oxygens (including phenoxy) is 1. The number of hydrogen-bond donors (Lipinski definition) is 1. The molecule has 102 valence electrons. The third-order valence-electron chi connectivity index (χ3n) is 3.56. The molecule has 0 aromatic carbocycles. The Kier molecular flexibility index (Phi) is 3.14. The maximum atomic E-state index is 11.2. The van der Waals surface area contributed by atoms with E-state index in [1.54, 1.807) is 6.92 Å². The van der Waals surface area contributed by atoms with Crippen molar-refractivity contribution in [3.63, 3.8) is 0 Å². The number of nitrogens with zero attached hydrogens (tertiary/aromatic N) is 4. The van der Waals surface area contributed by atoms with Gasteiger partial charge < -0.3 is 15.0 Å². The van der Waals surface area contributed by atoms with Crippen LogP contribution in [0, 0.1) is 12.8 Å². The number of anilines is 1. The van der Waals surface area contributed by atoms with Crippen molar-refractivity contribution in [2.75, 3.05) is 24.6 Å². The molecule has 2 atom stereocenters. The molecule has 19 heavy (non-hydrogen) atoms. The average molecular weight is 284 g/mol. The smallest absolute Gasteiger partial charge is 0.407 e. The lowest BCUT2D eigenvalue weighted by Crippen LogP contribution is -2.57. The molecule has 1 aromatic heterocycles. The molecule has 2 saturated heterocycles. The van der Waals surface area contributed by atoms with Gasteiger partial charge in [-0.2, -0.15) is 0 Å². The molecule has 1 aromatic rings. The third-order valence-corrected chi connectivity index (χ3v) is 3.91. The van der Waals surface area contributed by atoms with Gasteiger partial charge in [0.2, 0.25) is 5.95 Å². The molecule has 2 aliphatic rings. The van der Waals surface area contributed by atoms with E-state index in [2.05, 4.69) is 20.5 Å². The van der Waals surface area contributed by atoms with Gasteiger partial charge in [-0.3, -0.25) is 0 Å². The number of cyclic esters (lactones) is 1. The highest BCUT2D eigenvalue weighted by Crippen LogP contribution is 2.24. The molecular formula is C11H14ClN5O2. The molecule has 2 fully saturated rings. The van der Waals surface area contributed by atoms with Crippen LogP contribution in [0.4, 0.5) is 10.7 Å². The van der Waals surface area contributed by atoms with Crippen LogP contribution in [0.2, 0.25) is 5.15 Å². The minimum Gasteiger partial charge on any atom is -0.449 e. The summed E-state index contributed by atoms with van der Waals surface area (Å²) in [6, 6.07) is 0.0783. The Labute approximate surface area is 115 Å². The summed E-state index contributed by atoms with van der Waals surface area (Å²) in [4.78, 5) is 17.6. The Hall–Kier alpha value is -1.63. The minimum absolute atomic E-state index is 0.0783. The average Bonchev–Trinajstić information content (AvgIpc) is 2.41. The summed E-state index contributed by atoms with van der Waals surface area (Å²) in [5, 5.41) is 11.0. The van der Waals surface area contributed by atoms with Crippen molar-refractivity contribution in [2.24, 2.45) is 5.92 Å². The quantitative estimate of drug-likeness (QED) is 0.820. The van der Waals surface area contributed by atoms with E-state index in [1.165, 1.54) is 0 Å². The molecule has 0 unspecified atom stereocenters. The van der Waals surface area contributed by atoms with Crippen molar-refractivity contribution < 1.29 is 9.53 Å². The summed E-state index contributed by atoms with van der Waals surface area (Å²) >= 11 is 5.82. The molecule has 0 bridgehead atoms. The van der Waals surface area contributed by atoms with Crippen LogP contribution in [0.25, 0.3) is 0 Å². The fourth-order valence-electron chi connectivity index (χ4n) is 2.43. The molecule has 0 spiro atoms. The van der Waals surface area contributed by atoms with Crippen LogP contribution in [-0.2, 0) is 4.74 Å². The summed E-state index contributed by atoms with van der Waals surface area (Å²) in [5.74, 6) is 0.913. The number of halogens is 1. The summed E-state index contributed by atoms with van der Waals surface area (Å²) in [5.41, 5.74) is 0.657. The van der Waals surface area contributed by atoms with E-state index in [1.807, 2.05) is 4.90 Å². The van der Waals surface area contributed by atoms with Gasteiger partial charge in [0.05, 0.1) is 18.3 Å². The van der Waals surface area contributed by atoms with E-state index in [0.29, 0.717) is 35.9 Å². The Bertz CT molecular complexity index is 512. The zero-order valence-electron chi connectivity index (χ0n) is 10.5. The molecule has 2 aliphatic heterocycles. The Morgan fingerprint density at radius 2 is 2.32 bits per heavy atom. The van der Waals surface area contributed by atoms with Gasteiger partial charge in [-0.15, -0.1) is 10.2 Å². The van der Waals surface area contributed by atoms with E-state index < -0.39 is 0 Å². The Morgan fingerprint density at radius 1 is 1.47 bits per heavy atom. The standard InChI is InChI=1S/C11H14ClN5O2/c1-6-9(12)15-16-10(13-6)17-3-2-7-5-19-11(18)14-8(7)4-17/h7-8H,2-5H2,1H3,(H,14,18)/t7-,8+/m0/s1. The number of carbonyl (C=O) groups is 1. The van der Waals surface area contributed by atoms with E-state index in [-0.39, 0.29) is 12.1 Å². The fourth-order valence-corrected chi connectivity index (χ4v) is 2.51. The number of fused-ring (bicyclic) bond motifs is 1. The maximum absolute atomic E-state index is 11.2. The van der Waals surface area contributed by atoms with Crippen LogP contribution >= 0.6 is 11.6 Å². The monoisotopic (exact) mass is 283 g/mol. The Morgan fingerprint density at radius 3 is 3.11 bits per heavy atom. The summed E-state index contributed by atoms with van der Waals surface area (Å²) in [7, 11) is 0. The van der Waals surface area contributed by atoms with Crippen molar-refractivity contribution in [3.8, 4) is 0 Å². The topological polar surface area (TPSA) is 80.2 Å². The van der Waals surface area contributed by atoms with Gasteiger partial charge in [0, 0.05) is 19.0 Å². The fraction of sp³-hybridized carbons (Fsp3) is 0.636. The third kappa shape index (κ3) is 2.42. The van der Waals surface area contributed by atoms with Crippen molar-refractivity contribution >= 4 is 23.6 Å². The van der Waals surface area contributed by atoms with Gasteiger partial charge in [0.15, 0.2) is 5.15 Å². The molecule has 8 heteroatoms. The van der Waals surface area contributed by atoms with Crippen LogP contribution in [0.1, 0.15) is 12.1 Å². The van der Waals surface area contributed by atoms with Crippen LogP contribution in [0.15, 0.2) is 0 Å². The van der Waals surface area contributed by atoms with E-state index in [4.69, 9.17) is 16.3 Å². The first-order valence-electron chi connectivity index (χ1n) is 6.18. The first kappa shape index (κ1) is 12.4. The number of aromatic nitrogens is 3. The number of carbonyl (C=O) groups excluding carboxylic acids is 1. The van der Waals surface area contributed by atoms with Crippen LogP contribution in [-0.4, -0.2) is 47.0 Å².